The lowest BCUT2D eigenvalue weighted by atomic mass is 9.89. The van der Waals surface area contributed by atoms with E-state index in [-0.39, 0.29) is 30.6 Å². The summed E-state index contributed by atoms with van der Waals surface area (Å²) in [6, 6.07) is 10.1. The highest BCUT2D eigenvalue weighted by Gasteiger charge is 2.42. The summed E-state index contributed by atoms with van der Waals surface area (Å²) >= 11 is 0. The van der Waals surface area contributed by atoms with Crippen molar-refractivity contribution in [1.29, 1.82) is 0 Å². The molecule has 7 heteroatoms. The van der Waals surface area contributed by atoms with Gasteiger partial charge in [-0.3, -0.25) is 4.79 Å². The Balaban J connectivity index is 1.39. The molecule has 0 aromatic heterocycles. The van der Waals surface area contributed by atoms with Crippen molar-refractivity contribution in [2.75, 3.05) is 31.9 Å². The third-order valence-electron chi connectivity index (χ3n) is 5.86. The summed E-state index contributed by atoms with van der Waals surface area (Å²) in [4.78, 5) is 17.3. The smallest absolute Gasteiger partial charge is 0.254 e. The van der Waals surface area contributed by atoms with E-state index in [1.165, 1.54) is 12.1 Å². The van der Waals surface area contributed by atoms with Gasteiger partial charge in [0.25, 0.3) is 5.91 Å². The molecule has 1 amide bonds. The summed E-state index contributed by atoms with van der Waals surface area (Å²) in [5.74, 6) is 1.65. The summed E-state index contributed by atoms with van der Waals surface area (Å²) in [7, 11) is 1.59. The van der Waals surface area contributed by atoms with Crippen LogP contribution >= 0.6 is 0 Å². The van der Waals surface area contributed by atoms with Gasteiger partial charge in [-0.25, -0.2) is 4.39 Å². The highest BCUT2D eigenvalue weighted by atomic mass is 19.1. The summed E-state index contributed by atoms with van der Waals surface area (Å²) < 4.78 is 30.0. The van der Waals surface area contributed by atoms with E-state index in [4.69, 9.17) is 14.2 Å². The number of piperidine rings is 2. The minimum atomic E-state index is -0.287. The molecule has 28 heavy (non-hydrogen) atoms. The number of amides is 1. The number of anilines is 1. The fourth-order valence-corrected chi connectivity index (χ4v) is 4.46. The second-order valence-corrected chi connectivity index (χ2v) is 7.38. The summed E-state index contributed by atoms with van der Waals surface area (Å²) in [6.45, 7) is 1.46. The Hall–Kier alpha value is -2.96. The maximum atomic E-state index is 13.8. The van der Waals surface area contributed by atoms with Gasteiger partial charge in [0.1, 0.15) is 11.6 Å². The number of piperazine rings is 1. The molecule has 2 unspecified atom stereocenters. The van der Waals surface area contributed by atoms with Crippen LogP contribution in [0.4, 0.5) is 10.1 Å². The predicted molar refractivity (Wildman–Crippen MR) is 101 cm³/mol. The van der Waals surface area contributed by atoms with Crippen LogP contribution in [0.25, 0.3) is 0 Å². The maximum absolute atomic E-state index is 13.8. The number of halogens is 1. The van der Waals surface area contributed by atoms with Crippen LogP contribution in [0.3, 0.4) is 0 Å². The topological polar surface area (TPSA) is 51.2 Å². The number of carbonyl (C=O) groups excluding carboxylic acids is 1. The molecule has 2 aromatic rings. The Morgan fingerprint density at radius 1 is 1.07 bits per heavy atom. The van der Waals surface area contributed by atoms with E-state index in [0.29, 0.717) is 35.9 Å². The number of methoxy groups -OCH3 is 1. The van der Waals surface area contributed by atoms with Gasteiger partial charge in [0.05, 0.1) is 12.8 Å². The molecule has 3 saturated heterocycles. The number of fused-ring (bicyclic) bond motifs is 4. The molecule has 4 aliphatic rings. The van der Waals surface area contributed by atoms with Crippen LogP contribution in [0.15, 0.2) is 36.4 Å². The van der Waals surface area contributed by atoms with E-state index in [9.17, 15) is 9.18 Å². The molecule has 2 bridgehead atoms. The Morgan fingerprint density at radius 2 is 1.89 bits per heavy atom. The minimum absolute atomic E-state index is 0.00106. The first-order valence-electron chi connectivity index (χ1n) is 9.45. The zero-order valence-electron chi connectivity index (χ0n) is 15.6. The number of carbonyl (C=O) groups is 1. The van der Waals surface area contributed by atoms with Gasteiger partial charge in [0.15, 0.2) is 11.5 Å². The van der Waals surface area contributed by atoms with Crippen molar-refractivity contribution < 1.29 is 23.4 Å². The van der Waals surface area contributed by atoms with Crippen molar-refractivity contribution in [3.63, 3.8) is 0 Å². The molecule has 0 saturated carbocycles. The Kier molecular flexibility index (Phi) is 4.03. The Bertz CT molecular complexity index is 935. The average Bonchev–Trinajstić information content (AvgIpc) is 3.21. The van der Waals surface area contributed by atoms with Crippen molar-refractivity contribution in [3.8, 4) is 17.2 Å². The van der Waals surface area contributed by atoms with E-state index in [1.807, 2.05) is 4.90 Å². The van der Waals surface area contributed by atoms with Crippen molar-refractivity contribution in [2.45, 2.75) is 24.9 Å². The lowest BCUT2D eigenvalue weighted by molar-refractivity contribution is 0.0504. The number of nitrogens with zero attached hydrogens (tertiary/aromatic N) is 2. The molecule has 146 valence electrons. The largest absolute Gasteiger partial charge is 0.495 e. The lowest BCUT2D eigenvalue weighted by Gasteiger charge is -2.52. The third-order valence-corrected chi connectivity index (χ3v) is 5.86. The highest BCUT2D eigenvalue weighted by Crippen LogP contribution is 2.39. The van der Waals surface area contributed by atoms with Crippen LogP contribution in [0.1, 0.15) is 23.2 Å². The molecule has 2 atom stereocenters. The normalized spacial score (nSPS) is 22.5. The molecule has 0 radical (unpaired) electrons. The van der Waals surface area contributed by atoms with E-state index in [0.717, 1.165) is 18.5 Å². The summed E-state index contributed by atoms with van der Waals surface area (Å²) in [6.07, 6.45) is 1.91. The first-order valence-corrected chi connectivity index (χ1v) is 9.45. The van der Waals surface area contributed by atoms with Crippen LogP contribution < -0.4 is 19.1 Å². The van der Waals surface area contributed by atoms with E-state index >= 15 is 0 Å². The van der Waals surface area contributed by atoms with Gasteiger partial charge in [0.2, 0.25) is 6.79 Å². The molecule has 0 spiro atoms. The van der Waals surface area contributed by atoms with E-state index in [1.54, 1.807) is 31.4 Å². The van der Waals surface area contributed by atoms with Gasteiger partial charge in [-0.1, -0.05) is 0 Å². The molecule has 0 aliphatic carbocycles. The van der Waals surface area contributed by atoms with Crippen LogP contribution in [0.2, 0.25) is 0 Å². The second kappa shape index (κ2) is 6.58. The molecule has 2 aromatic carbocycles. The number of rotatable bonds is 3. The SMILES string of the molecule is COc1ccc(F)cc1N1CC2CCC1CN2C(=O)c1ccc2c(c1)OCO2. The van der Waals surface area contributed by atoms with Crippen molar-refractivity contribution in [2.24, 2.45) is 0 Å². The Morgan fingerprint density at radius 3 is 2.68 bits per heavy atom. The number of benzene rings is 2. The molecule has 6 rings (SSSR count). The van der Waals surface area contributed by atoms with Gasteiger partial charge in [-0.05, 0) is 43.2 Å². The van der Waals surface area contributed by atoms with E-state index in [2.05, 4.69) is 4.90 Å². The number of hydrogen-bond donors (Lipinski definition) is 0. The number of hydrogen-bond acceptors (Lipinski definition) is 5. The molecule has 3 fully saturated rings. The van der Waals surface area contributed by atoms with Gasteiger partial charge >= 0.3 is 0 Å². The van der Waals surface area contributed by atoms with Crippen LogP contribution in [-0.4, -0.2) is 49.9 Å². The average molecular weight is 384 g/mol. The molecule has 6 nitrogen and oxygen atoms in total. The van der Waals surface area contributed by atoms with E-state index < -0.39 is 0 Å². The van der Waals surface area contributed by atoms with Crippen LogP contribution in [0.5, 0.6) is 17.2 Å². The molecule has 4 heterocycles. The predicted octanol–water partition coefficient (Wildman–Crippen LogP) is 3.06. The molecular formula is C21H21FN2O4. The third kappa shape index (κ3) is 2.73. The van der Waals surface area contributed by atoms with Crippen molar-refractivity contribution in [3.05, 3.63) is 47.8 Å². The Labute approximate surface area is 162 Å². The number of ether oxygens (including phenoxy) is 3. The maximum Gasteiger partial charge on any atom is 0.254 e. The fraction of sp³-hybridized carbons (Fsp3) is 0.381. The monoisotopic (exact) mass is 384 g/mol. The quantitative estimate of drug-likeness (QED) is 0.814. The fourth-order valence-electron chi connectivity index (χ4n) is 4.46. The van der Waals surface area contributed by atoms with Crippen LogP contribution in [0, 0.1) is 5.82 Å². The standard InChI is InChI=1S/C21H21FN2O4/c1-26-18-7-3-14(22)9-17(18)23-10-16-5-4-15(23)11-24(16)21(25)13-2-6-19-20(8-13)28-12-27-19/h2-3,6-9,15-16H,4-5,10-12H2,1H3. The highest BCUT2D eigenvalue weighted by molar-refractivity contribution is 5.95. The van der Waals surface area contributed by atoms with Gasteiger partial charge in [-0.2, -0.15) is 0 Å². The van der Waals surface area contributed by atoms with Crippen molar-refractivity contribution in [1.82, 2.24) is 4.90 Å². The first kappa shape index (κ1) is 17.2. The zero-order valence-corrected chi connectivity index (χ0v) is 15.6. The first-order chi connectivity index (χ1) is 13.6. The molecular weight excluding hydrogens is 363 g/mol. The van der Waals surface area contributed by atoms with Crippen molar-refractivity contribution >= 4 is 11.6 Å². The lowest BCUT2D eigenvalue weighted by Crippen LogP contribution is -2.64. The summed E-state index contributed by atoms with van der Waals surface area (Å²) in [5, 5.41) is 0. The molecule has 4 aliphatic heterocycles. The van der Waals surface area contributed by atoms with Gasteiger partial charge < -0.3 is 24.0 Å². The van der Waals surface area contributed by atoms with Gasteiger partial charge in [-0.15, -0.1) is 0 Å². The zero-order chi connectivity index (χ0) is 19.3. The van der Waals surface area contributed by atoms with Crippen LogP contribution in [-0.2, 0) is 0 Å². The molecule has 0 N–H and O–H groups in total. The summed E-state index contributed by atoms with van der Waals surface area (Å²) in [5.41, 5.74) is 1.36. The minimum Gasteiger partial charge on any atom is -0.495 e. The second-order valence-electron chi connectivity index (χ2n) is 7.38. The van der Waals surface area contributed by atoms with Gasteiger partial charge in [0, 0.05) is 36.8 Å².